The highest BCUT2D eigenvalue weighted by molar-refractivity contribution is 5.73. The summed E-state index contributed by atoms with van der Waals surface area (Å²) in [6.07, 6.45) is 0. The van der Waals surface area contributed by atoms with Gasteiger partial charge in [0.15, 0.2) is 0 Å². The molecule has 0 aliphatic rings. The predicted molar refractivity (Wildman–Crippen MR) is 55.0 cm³/mol. The Morgan fingerprint density at radius 3 is 2.00 bits per heavy atom. The molecule has 2 nitrogen and oxygen atoms in total. The van der Waals surface area contributed by atoms with Gasteiger partial charge in [0.2, 0.25) is 0 Å². The number of rotatable bonds is 1. The summed E-state index contributed by atoms with van der Waals surface area (Å²) in [7, 11) is 0. The third kappa shape index (κ3) is 2.00. The molecule has 0 fully saturated rings. The van der Waals surface area contributed by atoms with E-state index in [4.69, 9.17) is 10.5 Å². The van der Waals surface area contributed by atoms with Gasteiger partial charge in [0.25, 0.3) is 0 Å². The van der Waals surface area contributed by atoms with E-state index < -0.39 is 0 Å². The van der Waals surface area contributed by atoms with Crippen LogP contribution < -0.4 is 0 Å². The first-order valence-electron chi connectivity index (χ1n) is 4.27. The van der Waals surface area contributed by atoms with Gasteiger partial charge in [-0.1, -0.05) is 29.8 Å². The van der Waals surface area contributed by atoms with E-state index in [2.05, 4.69) is 0 Å². The molecule has 1 rings (SSSR count). The van der Waals surface area contributed by atoms with E-state index in [0.717, 1.165) is 16.7 Å². The second-order valence-corrected chi connectivity index (χ2v) is 3.09. The molecule has 0 heterocycles. The van der Waals surface area contributed by atoms with Crippen LogP contribution in [0.15, 0.2) is 29.8 Å². The van der Waals surface area contributed by atoms with Crippen molar-refractivity contribution in [1.82, 2.24) is 0 Å². The molecular weight excluding hydrogens is 172 g/mol. The summed E-state index contributed by atoms with van der Waals surface area (Å²) in [5.41, 5.74) is 2.99. The minimum atomic E-state index is 0.175. The third-order valence-electron chi connectivity index (χ3n) is 2.08. The van der Waals surface area contributed by atoms with Crippen LogP contribution in [0.3, 0.4) is 0 Å². The fraction of sp³-hybridized carbons (Fsp3) is 0.167. The zero-order valence-electron chi connectivity index (χ0n) is 8.20. The zero-order valence-corrected chi connectivity index (χ0v) is 8.20. The summed E-state index contributed by atoms with van der Waals surface area (Å²) < 4.78 is 0. The molecule has 0 atom stereocenters. The molecule has 0 aliphatic heterocycles. The van der Waals surface area contributed by atoms with Crippen molar-refractivity contribution in [1.29, 1.82) is 10.5 Å². The van der Waals surface area contributed by atoms with Crippen LogP contribution in [-0.4, -0.2) is 0 Å². The number of allylic oxidation sites excluding steroid dienone is 2. The number of benzene rings is 1. The van der Waals surface area contributed by atoms with E-state index in [9.17, 15) is 0 Å². The first-order valence-corrected chi connectivity index (χ1v) is 4.27. The van der Waals surface area contributed by atoms with Gasteiger partial charge in [0.1, 0.15) is 17.7 Å². The number of nitrogens with zero attached hydrogens (tertiary/aromatic N) is 2. The highest BCUT2D eigenvalue weighted by Gasteiger charge is 2.02. The smallest absolute Gasteiger partial charge is 0.133 e. The minimum Gasteiger partial charge on any atom is -0.192 e. The molecule has 1 aromatic rings. The summed E-state index contributed by atoms with van der Waals surface area (Å²) in [4.78, 5) is 0. The Hall–Kier alpha value is -2.06. The molecule has 0 saturated carbocycles. The first kappa shape index (κ1) is 10.0. The lowest BCUT2D eigenvalue weighted by molar-refractivity contribution is 1.42. The monoisotopic (exact) mass is 182 g/mol. The quantitative estimate of drug-likeness (QED) is 0.627. The van der Waals surface area contributed by atoms with Gasteiger partial charge in [-0.2, -0.15) is 10.5 Å². The minimum absolute atomic E-state index is 0.175. The van der Waals surface area contributed by atoms with Gasteiger partial charge in [-0.25, -0.2) is 0 Å². The van der Waals surface area contributed by atoms with Crippen LogP contribution in [0.1, 0.15) is 18.1 Å². The largest absolute Gasteiger partial charge is 0.192 e. The summed E-state index contributed by atoms with van der Waals surface area (Å²) >= 11 is 0. The summed E-state index contributed by atoms with van der Waals surface area (Å²) in [5, 5.41) is 17.4. The van der Waals surface area contributed by atoms with Crippen LogP contribution in [-0.2, 0) is 0 Å². The summed E-state index contributed by atoms with van der Waals surface area (Å²) in [6, 6.07) is 11.5. The average molecular weight is 182 g/mol. The Morgan fingerprint density at radius 1 is 1.07 bits per heavy atom. The first-order chi connectivity index (χ1) is 6.69. The molecule has 0 radical (unpaired) electrons. The van der Waals surface area contributed by atoms with E-state index in [1.54, 1.807) is 6.92 Å². The van der Waals surface area contributed by atoms with Gasteiger partial charge >= 0.3 is 0 Å². The maximum Gasteiger partial charge on any atom is 0.133 e. The molecular formula is C12H10N2. The third-order valence-corrected chi connectivity index (χ3v) is 2.08. The van der Waals surface area contributed by atoms with E-state index in [0.29, 0.717) is 0 Å². The summed E-state index contributed by atoms with van der Waals surface area (Å²) in [6.45, 7) is 3.78. The van der Waals surface area contributed by atoms with Crippen molar-refractivity contribution >= 4 is 5.57 Å². The van der Waals surface area contributed by atoms with Crippen LogP contribution in [0.2, 0.25) is 0 Å². The van der Waals surface area contributed by atoms with Crippen molar-refractivity contribution in [2.75, 3.05) is 0 Å². The Balaban J connectivity index is 3.21. The van der Waals surface area contributed by atoms with Crippen molar-refractivity contribution < 1.29 is 0 Å². The molecule has 0 bridgehead atoms. The number of hydrogen-bond donors (Lipinski definition) is 0. The van der Waals surface area contributed by atoms with Crippen molar-refractivity contribution in [2.45, 2.75) is 13.8 Å². The molecule has 0 saturated heterocycles. The van der Waals surface area contributed by atoms with E-state index >= 15 is 0 Å². The van der Waals surface area contributed by atoms with Crippen molar-refractivity contribution in [3.8, 4) is 12.1 Å². The van der Waals surface area contributed by atoms with Gasteiger partial charge in [-0.15, -0.1) is 0 Å². The van der Waals surface area contributed by atoms with E-state index in [-0.39, 0.29) is 5.57 Å². The maximum absolute atomic E-state index is 8.68. The second kappa shape index (κ2) is 4.25. The van der Waals surface area contributed by atoms with Gasteiger partial charge in [0.05, 0.1) is 0 Å². The normalized spacial score (nSPS) is 8.57. The van der Waals surface area contributed by atoms with Gasteiger partial charge in [-0.05, 0) is 25.0 Å². The van der Waals surface area contributed by atoms with Gasteiger partial charge in [0, 0.05) is 0 Å². The standard InChI is InChI=1S/C12H10N2/c1-9-3-5-11(6-4-9)10(2)12(7-13)8-14/h3-6H,1-2H3. The molecule has 0 N–H and O–H groups in total. The number of hydrogen-bond acceptors (Lipinski definition) is 2. The molecule has 68 valence electrons. The van der Waals surface area contributed by atoms with Crippen molar-refractivity contribution in [2.24, 2.45) is 0 Å². The molecule has 1 aromatic carbocycles. The molecule has 0 aromatic heterocycles. The Morgan fingerprint density at radius 2 is 1.57 bits per heavy atom. The molecule has 0 aliphatic carbocycles. The molecule has 0 spiro atoms. The fourth-order valence-electron chi connectivity index (χ4n) is 1.14. The summed E-state index contributed by atoms with van der Waals surface area (Å²) in [5.74, 6) is 0. The molecule has 14 heavy (non-hydrogen) atoms. The van der Waals surface area contributed by atoms with Crippen LogP contribution in [0.4, 0.5) is 0 Å². The predicted octanol–water partition coefficient (Wildman–Crippen LogP) is 2.82. The lowest BCUT2D eigenvalue weighted by atomic mass is 10.0. The van der Waals surface area contributed by atoms with Crippen LogP contribution in [0.25, 0.3) is 5.57 Å². The highest BCUT2D eigenvalue weighted by Crippen LogP contribution is 2.17. The lowest BCUT2D eigenvalue weighted by Crippen LogP contribution is -1.84. The van der Waals surface area contributed by atoms with Crippen molar-refractivity contribution in [3.05, 3.63) is 41.0 Å². The Kier molecular flexibility index (Phi) is 3.05. The van der Waals surface area contributed by atoms with E-state index in [1.807, 2.05) is 43.3 Å². The zero-order chi connectivity index (χ0) is 10.6. The SMILES string of the molecule is CC(=C(C#N)C#N)c1ccc(C)cc1. The highest BCUT2D eigenvalue weighted by atomic mass is 14.3. The number of nitriles is 2. The lowest BCUT2D eigenvalue weighted by Gasteiger charge is -2.01. The van der Waals surface area contributed by atoms with Crippen molar-refractivity contribution in [3.63, 3.8) is 0 Å². The number of aryl methyl sites for hydroxylation is 1. The van der Waals surface area contributed by atoms with Gasteiger partial charge < -0.3 is 0 Å². The molecule has 0 amide bonds. The van der Waals surface area contributed by atoms with Crippen LogP contribution in [0.5, 0.6) is 0 Å². The molecule has 2 heteroatoms. The van der Waals surface area contributed by atoms with Gasteiger partial charge in [-0.3, -0.25) is 0 Å². The Bertz CT molecular complexity index is 423. The molecule has 0 unspecified atom stereocenters. The Labute approximate surface area is 83.7 Å². The van der Waals surface area contributed by atoms with Crippen LogP contribution >= 0.6 is 0 Å². The van der Waals surface area contributed by atoms with Crippen LogP contribution in [0, 0.1) is 29.6 Å². The van der Waals surface area contributed by atoms with E-state index in [1.165, 1.54) is 0 Å². The maximum atomic E-state index is 8.68. The average Bonchev–Trinajstić information content (AvgIpc) is 2.20. The second-order valence-electron chi connectivity index (χ2n) is 3.09. The fourth-order valence-corrected chi connectivity index (χ4v) is 1.14. The topological polar surface area (TPSA) is 47.6 Å².